The largest absolute Gasteiger partial charge is 0.480 e. The second-order valence-electron chi connectivity index (χ2n) is 4.47. The van der Waals surface area contributed by atoms with Crippen molar-refractivity contribution in [2.75, 3.05) is 0 Å². The molecule has 0 spiro atoms. The number of nitrogens with one attached hydrogen (secondary N) is 1. The van der Waals surface area contributed by atoms with Gasteiger partial charge in [-0.1, -0.05) is 12.8 Å². The normalized spacial score (nSPS) is 39.7. The summed E-state index contributed by atoms with van der Waals surface area (Å²) in [4.78, 5) is 22.3. The Morgan fingerprint density at radius 1 is 1.27 bits per heavy atom. The summed E-state index contributed by atoms with van der Waals surface area (Å²) in [5.74, 6) is -1.86. The molecule has 1 aliphatic carbocycles. The van der Waals surface area contributed by atoms with Gasteiger partial charge in [-0.15, -0.1) is 0 Å². The molecule has 1 heterocycles. The van der Waals surface area contributed by atoms with Gasteiger partial charge in [0.1, 0.15) is 6.04 Å². The highest BCUT2D eigenvalue weighted by Gasteiger charge is 2.49. The second kappa shape index (κ2) is 3.81. The third-order valence-corrected chi connectivity index (χ3v) is 3.63. The third-order valence-electron chi connectivity index (χ3n) is 3.63. The lowest BCUT2D eigenvalue weighted by molar-refractivity contribution is -0.142. The van der Waals surface area contributed by atoms with Gasteiger partial charge in [0.15, 0.2) is 0 Å². The van der Waals surface area contributed by atoms with Gasteiger partial charge in [-0.2, -0.15) is 0 Å². The van der Waals surface area contributed by atoms with Crippen LogP contribution in [0.3, 0.4) is 0 Å². The summed E-state index contributed by atoms with van der Waals surface area (Å²) < 4.78 is 0. The molecule has 84 valence electrons. The molecule has 4 atom stereocenters. The summed E-state index contributed by atoms with van der Waals surface area (Å²) in [5, 5.41) is 12.0. The van der Waals surface area contributed by atoms with E-state index in [1.807, 2.05) is 0 Å². The van der Waals surface area contributed by atoms with E-state index < -0.39 is 23.8 Å². The number of amides is 1. The van der Waals surface area contributed by atoms with Crippen molar-refractivity contribution in [3.8, 4) is 0 Å². The van der Waals surface area contributed by atoms with E-state index in [9.17, 15) is 9.59 Å². The number of hydrogen-bond acceptors (Lipinski definition) is 3. The number of nitrogens with two attached hydrogens (primary N) is 1. The third kappa shape index (κ3) is 1.71. The van der Waals surface area contributed by atoms with Crippen molar-refractivity contribution in [2.45, 2.75) is 37.8 Å². The molecule has 5 nitrogen and oxygen atoms in total. The fourth-order valence-electron chi connectivity index (χ4n) is 2.98. The molecule has 2 aliphatic rings. The molecule has 0 aromatic carbocycles. The average Bonchev–Trinajstić information content (AvgIpc) is 2.56. The quantitative estimate of drug-likeness (QED) is 0.586. The highest BCUT2D eigenvalue weighted by atomic mass is 16.4. The Labute approximate surface area is 88.0 Å². The predicted molar refractivity (Wildman–Crippen MR) is 53.0 cm³/mol. The van der Waals surface area contributed by atoms with Crippen LogP contribution < -0.4 is 11.1 Å². The molecule has 2 fully saturated rings. The molecule has 15 heavy (non-hydrogen) atoms. The lowest BCUT2D eigenvalue weighted by atomic mass is 9.78. The first kappa shape index (κ1) is 10.4. The Morgan fingerprint density at radius 2 is 1.93 bits per heavy atom. The maximum atomic E-state index is 11.3. The Morgan fingerprint density at radius 3 is 2.53 bits per heavy atom. The maximum absolute atomic E-state index is 11.3. The van der Waals surface area contributed by atoms with E-state index in [1.165, 1.54) is 0 Å². The molecule has 1 saturated carbocycles. The summed E-state index contributed by atoms with van der Waals surface area (Å²) >= 11 is 0. The summed E-state index contributed by atoms with van der Waals surface area (Å²) in [7, 11) is 0. The van der Waals surface area contributed by atoms with Gasteiger partial charge in [0.25, 0.3) is 0 Å². The van der Waals surface area contributed by atoms with Crippen molar-refractivity contribution < 1.29 is 14.7 Å². The van der Waals surface area contributed by atoms with Gasteiger partial charge in [0.05, 0.1) is 5.92 Å². The predicted octanol–water partition coefficient (Wildman–Crippen LogP) is -0.297. The zero-order valence-corrected chi connectivity index (χ0v) is 8.48. The highest BCUT2D eigenvalue weighted by Crippen LogP contribution is 2.37. The second-order valence-corrected chi connectivity index (χ2v) is 4.47. The van der Waals surface area contributed by atoms with Crippen LogP contribution in [0.1, 0.15) is 25.7 Å². The van der Waals surface area contributed by atoms with Crippen molar-refractivity contribution in [1.82, 2.24) is 5.32 Å². The van der Waals surface area contributed by atoms with E-state index in [4.69, 9.17) is 10.8 Å². The lowest BCUT2D eigenvalue weighted by Gasteiger charge is -2.26. The zero-order valence-electron chi connectivity index (χ0n) is 8.48. The monoisotopic (exact) mass is 212 g/mol. The van der Waals surface area contributed by atoms with Gasteiger partial charge in [-0.3, -0.25) is 9.59 Å². The average molecular weight is 212 g/mol. The lowest BCUT2D eigenvalue weighted by Crippen LogP contribution is -2.42. The van der Waals surface area contributed by atoms with Crippen molar-refractivity contribution in [2.24, 2.45) is 17.6 Å². The number of carbonyl (C=O) groups excluding carboxylic acids is 1. The molecule has 0 aromatic rings. The number of carboxylic acid groups (broad SMARTS) is 1. The van der Waals surface area contributed by atoms with E-state index in [-0.39, 0.29) is 12.0 Å². The van der Waals surface area contributed by atoms with Crippen LogP contribution in [0.5, 0.6) is 0 Å². The van der Waals surface area contributed by atoms with Gasteiger partial charge < -0.3 is 16.2 Å². The summed E-state index contributed by atoms with van der Waals surface area (Å²) in [6.45, 7) is 0. The number of hydrogen-bond donors (Lipinski definition) is 3. The van der Waals surface area contributed by atoms with Gasteiger partial charge in [-0.25, -0.2) is 0 Å². The summed E-state index contributed by atoms with van der Waals surface area (Å²) in [6.07, 6.45) is 4.04. The number of rotatable bonds is 2. The first-order chi connectivity index (χ1) is 7.11. The van der Waals surface area contributed by atoms with E-state index >= 15 is 0 Å². The van der Waals surface area contributed by atoms with Crippen LogP contribution >= 0.6 is 0 Å². The molecule has 0 bridgehead atoms. The fourth-order valence-corrected chi connectivity index (χ4v) is 2.98. The molecular formula is C10H16N2O3. The smallest absolute Gasteiger partial charge is 0.321 e. The van der Waals surface area contributed by atoms with Gasteiger partial charge in [-0.05, 0) is 18.8 Å². The fraction of sp³-hybridized carbons (Fsp3) is 0.800. The van der Waals surface area contributed by atoms with Crippen LogP contribution in [0, 0.1) is 11.8 Å². The molecule has 0 aromatic heterocycles. The summed E-state index contributed by atoms with van der Waals surface area (Å²) in [5.41, 5.74) is 5.29. The Kier molecular flexibility index (Phi) is 2.65. The minimum Gasteiger partial charge on any atom is -0.480 e. The molecule has 0 radical (unpaired) electrons. The van der Waals surface area contributed by atoms with Crippen LogP contribution in [0.4, 0.5) is 0 Å². The van der Waals surface area contributed by atoms with Crippen LogP contribution in [-0.4, -0.2) is 29.1 Å². The first-order valence-corrected chi connectivity index (χ1v) is 5.39. The molecule has 5 heteroatoms. The molecule has 1 aliphatic heterocycles. The molecule has 1 saturated heterocycles. The van der Waals surface area contributed by atoms with E-state index in [0.717, 1.165) is 25.7 Å². The number of carbonyl (C=O) groups is 2. The molecular weight excluding hydrogens is 196 g/mol. The molecule has 2 rings (SSSR count). The SMILES string of the molecule is NC(=O)C1C(C(=O)O)NC2CCCCC21. The molecule has 4 unspecified atom stereocenters. The minimum absolute atomic E-state index is 0.123. The first-order valence-electron chi connectivity index (χ1n) is 5.39. The van der Waals surface area contributed by atoms with Crippen molar-refractivity contribution in [3.63, 3.8) is 0 Å². The Bertz CT molecular complexity index is 292. The Balaban J connectivity index is 2.21. The van der Waals surface area contributed by atoms with E-state index in [2.05, 4.69) is 5.32 Å². The van der Waals surface area contributed by atoms with Gasteiger partial charge in [0, 0.05) is 6.04 Å². The van der Waals surface area contributed by atoms with Crippen molar-refractivity contribution in [1.29, 1.82) is 0 Å². The topological polar surface area (TPSA) is 92.4 Å². The maximum Gasteiger partial charge on any atom is 0.321 e. The highest BCUT2D eigenvalue weighted by molar-refractivity contribution is 5.86. The van der Waals surface area contributed by atoms with E-state index in [0.29, 0.717) is 0 Å². The number of fused-ring (bicyclic) bond motifs is 1. The van der Waals surface area contributed by atoms with Crippen molar-refractivity contribution in [3.05, 3.63) is 0 Å². The summed E-state index contributed by atoms with van der Waals surface area (Å²) in [6, 6.07) is -0.618. The molecule has 4 N–H and O–H groups in total. The van der Waals surface area contributed by atoms with Crippen LogP contribution in [0.2, 0.25) is 0 Å². The van der Waals surface area contributed by atoms with E-state index in [1.54, 1.807) is 0 Å². The number of primary amides is 1. The van der Waals surface area contributed by atoms with Crippen LogP contribution in [0.15, 0.2) is 0 Å². The van der Waals surface area contributed by atoms with Gasteiger partial charge >= 0.3 is 5.97 Å². The number of aliphatic carboxylic acids is 1. The standard InChI is InChI=1S/C10H16N2O3/c11-9(13)7-5-3-1-2-4-6(5)12-8(7)10(14)15/h5-8,12H,1-4H2,(H2,11,13)(H,14,15). The van der Waals surface area contributed by atoms with Crippen molar-refractivity contribution >= 4 is 11.9 Å². The Hall–Kier alpha value is -1.10. The number of carboxylic acids is 1. The molecule has 1 amide bonds. The van der Waals surface area contributed by atoms with Crippen LogP contribution in [-0.2, 0) is 9.59 Å². The zero-order chi connectivity index (χ0) is 11.0. The van der Waals surface area contributed by atoms with Gasteiger partial charge in [0.2, 0.25) is 5.91 Å². The van der Waals surface area contributed by atoms with Crippen LogP contribution in [0.25, 0.3) is 0 Å². The minimum atomic E-state index is -0.965.